The largest absolute Gasteiger partial charge is 0.493 e. The van der Waals surface area contributed by atoms with Crippen molar-refractivity contribution in [1.82, 2.24) is 5.43 Å². The molecule has 0 bridgehead atoms. The third-order valence-electron chi connectivity index (χ3n) is 4.49. The van der Waals surface area contributed by atoms with E-state index in [1.165, 1.54) is 39.7 Å². The third kappa shape index (κ3) is 5.89. The second kappa shape index (κ2) is 11.1. The molecule has 33 heavy (non-hydrogen) atoms. The smallest absolute Gasteiger partial charge is 0.343 e. The molecule has 0 heterocycles. The standard InChI is InChI=1S/C24H21BrN2O6/c1-30-20-12-16(13-21(31-2)22(20)32-3)24(29)33-17-10-8-15(9-11-17)14-26-27-23(28)18-6-4-5-7-19(18)25/h4-14H,1-3H3,(H,27,28)/b26-14-. The Hall–Kier alpha value is -3.85. The number of hydrogen-bond donors (Lipinski definition) is 1. The fraction of sp³-hybridized carbons (Fsp3) is 0.125. The van der Waals surface area contributed by atoms with E-state index in [0.29, 0.717) is 38.6 Å². The summed E-state index contributed by atoms with van der Waals surface area (Å²) in [5, 5.41) is 3.96. The average molecular weight is 513 g/mol. The molecule has 0 aromatic heterocycles. The van der Waals surface area contributed by atoms with Crippen LogP contribution in [0.25, 0.3) is 0 Å². The van der Waals surface area contributed by atoms with Crippen molar-refractivity contribution in [1.29, 1.82) is 0 Å². The Balaban J connectivity index is 1.65. The van der Waals surface area contributed by atoms with E-state index >= 15 is 0 Å². The van der Waals surface area contributed by atoms with Crippen LogP contribution in [0.15, 0.2) is 70.2 Å². The maximum Gasteiger partial charge on any atom is 0.343 e. The van der Waals surface area contributed by atoms with Gasteiger partial charge in [0.2, 0.25) is 5.75 Å². The highest BCUT2D eigenvalue weighted by Crippen LogP contribution is 2.38. The molecule has 1 amide bonds. The number of carbonyl (C=O) groups is 2. The first-order valence-electron chi connectivity index (χ1n) is 9.67. The van der Waals surface area contributed by atoms with Crippen molar-refractivity contribution >= 4 is 34.0 Å². The molecule has 0 spiro atoms. The molecule has 3 aromatic rings. The molecule has 0 unspecified atom stereocenters. The van der Waals surface area contributed by atoms with Crippen LogP contribution in [0, 0.1) is 0 Å². The number of benzene rings is 3. The van der Waals surface area contributed by atoms with E-state index < -0.39 is 5.97 Å². The lowest BCUT2D eigenvalue weighted by Gasteiger charge is -2.13. The zero-order valence-electron chi connectivity index (χ0n) is 18.1. The number of hydrogen-bond acceptors (Lipinski definition) is 7. The van der Waals surface area contributed by atoms with Crippen LogP contribution in [0.3, 0.4) is 0 Å². The minimum Gasteiger partial charge on any atom is -0.493 e. The number of rotatable bonds is 8. The zero-order chi connectivity index (χ0) is 23.8. The highest BCUT2D eigenvalue weighted by atomic mass is 79.9. The topological polar surface area (TPSA) is 95.5 Å². The van der Waals surface area contributed by atoms with Gasteiger partial charge in [-0.25, -0.2) is 10.2 Å². The lowest BCUT2D eigenvalue weighted by molar-refractivity contribution is 0.0733. The van der Waals surface area contributed by atoms with Gasteiger partial charge in [-0.05, 0) is 70.0 Å². The van der Waals surface area contributed by atoms with Crippen molar-refractivity contribution in [3.05, 3.63) is 81.8 Å². The molecule has 0 atom stereocenters. The van der Waals surface area contributed by atoms with Crippen molar-refractivity contribution in [2.45, 2.75) is 0 Å². The van der Waals surface area contributed by atoms with Crippen molar-refractivity contribution in [3.8, 4) is 23.0 Å². The predicted octanol–water partition coefficient (Wildman–Crippen LogP) is 4.46. The fourth-order valence-corrected chi connectivity index (χ4v) is 3.32. The van der Waals surface area contributed by atoms with Crippen LogP contribution in [0.1, 0.15) is 26.3 Å². The highest BCUT2D eigenvalue weighted by molar-refractivity contribution is 9.10. The van der Waals surface area contributed by atoms with Crippen LogP contribution in [0.4, 0.5) is 0 Å². The van der Waals surface area contributed by atoms with Gasteiger partial charge < -0.3 is 18.9 Å². The van der Waals surface area contributed by atoms with Crippen LogP contribution in [-0.2, 0) is 0 Å². The molecule has 0 aliphatic rings. The predicted molar refractivity (Wildman–Crippen MR) is 127 cm³/mol. The van der Waals surface area contributed by atoms with Crippen LogP contribution < -0.4 is 24.4 Å². The van der Waals surface area contributed by atoms with E-state index in [-0.39, 0.29) is 11.5 Å². The zero-order valence-corrected chi connectivity index (χ0v) is 19.7. The third-order valence-corrected chi connectivity index (χ3v) is 5.18. The van der Waals surface area contributed by atoms with Crippen molar-refractivity contribution in [2.24, 2.45) is 5.10 Å². The average Bonchev–Trinajstić information content (AvgIpc) is 2.84. The van der Waals surface area contributed by atoms with Crippen LogP contribution in [0.5, 0.6) is 23.0 Å². The summed E-state index contributed by atoms with van der Waals surface area (Å²) in [5.74, 6) is 0.487. The first-order chi connectivity index (χ1) is 16.0. The molecule has 0 fully saturated rings. The lowest BCUT2D eigenvalue weighted by Crippen LogP contribution is -2.18. The Morgan fingerprint density at radius 2 is 1.55 bits per heavy atom. The van der Waals surface area contributed by atoms with E-state index in [1.54, 1.807) is 42.5 Å². The Morgan fingerprint density at radius 3 is 2.12 bits per heavy atom. The number of esters is 1. The molecule has 1 N–H and O–H groups in total. The Bertz CT molecular complexity index is 1150. The molecule has 0 radical (unpaired) electrons. The minimum atomic E-state index is -0.587. The summed E-state index contributed by atoms with van der Waals surface area (Å²) in [6, 6.07) is 16.7. The number of nitrogens with zero attached hydrogens (tertiary/aromatic N) is 1. The Morgan fingerprint density at radius 1 is 0.909 bits per heavy atom. The molecule has 170 valence electrons. The Kier molecular flexibility index (Phi) is 8.04. The molecule has 0 aliphatic heterocycles. The second-order valence-electron chi connectivity index (χ2n) is 6.55. The number of carbonyl (C=O) groups excluding carboxylic acids is 2. The summed E-state index contributed by atoms with van der Waals surface area (Å²) in [6.07, 6.45) is 1.49. The monoisotopic (exact) mass is 512 g/mol. The van der Waals surface area contributed by atoms with E-state index in [2.05, 4.69) is 26.5 Å². The molecule has 9 heteroatoms. The first-order valence-corrected chi connectivity index (χ1v) is 10.5. The van der Waals surface area contributed by atoms with E-state index in [9.17, 15) is 9.59 Å². The number of ether oxygens (including phenoxy) is 4. The minimum absolute atomic E-state index is 0.241. The molecule has 8 nitrogen and oxygen atoms in total. The van der Waals surface area contributed by atoms with Gasteiger partial charge in [-0.15, -0.1) is 0 Å². The number of hydrazone groups is 1. The molecular weight excluding hydrogens is 492 g/mol. The maximum absolute atomic E-state index is 12.6. The van der Waals surface area contributed by atoms with Crippen LogP contribution >= 0.6 is 15.9 Å². The highest BCUT2D eigenvalue weighted by Gasteiger charge is 2.18. The summed E-state index contributed by atoms with van der Waals surface area (Å²) < 4.78 is 21.9. The van der Waals surface area contributed by atoms with E-state index in [1.807, 2.05) is 6.07 Å². The summed E-state index contributed by atoms with van der Waals surface area (Å²) >= 11 is 3.33. The lowest BCUT2D eigenvalue weighted by atomic mass is 10.2. The summed E-state index contributed by atoms with van der Waals surface area (Å²) in [7, 11) is 4.41. The molecule has 0 aliphatic carbocycles. The number of nitrogens with one attached hydrogen (secondary N) is 1. The first kappa shape index (κ1) is 23.8. The van der Waals surface area contributed by atoms with Gasteiger partial charge in [-0.3, -0.25) is 4.79 Å². The number of amides is 1. The van der Waals surface area contributed by atoms with Gasteiger partial charge in [0.1, 0.15) is 5.75 Å². The summed E-state index contributed by atoms with van der Waals surface area (Å²) in [5.41, 5.74) is 3.89. The number of halogens is 1. The molecule has 3 rings (SSSR count). The quantitative estimate of drug-likeness (QED) is 0.207. The van der Waals surface area contributed by atoms with Gasteiger partial charge >= 0.3 is 5.97 Å². The van der Waals surface area contributed by atoms with Gasteiger partial charge in [0.15, 0.2) is 11.5 Å². The fourth-order valence-electron chi connectivity index (χ4n) is 2.86. The molecule has 0 saturated carbocycles. The van der Waals surface area contributed by atoms with Crippen LogP contribution in [0.2, 0.25) is 0 Å². The maximum atomic E-state index is 12.6. The van der Waals surface area contributed by atoms with Gasteiger partial charge in [0.05, 0.1) is 38.7 Å². The Labute approximate surface area is 199 Å². The van der Waals surface area contributed by atoms with Gasteiger partial charge in [-0.1, -0.05) is 12.1 Å². The van der Waals surface area contributed by atoms with Crippen molar-refractivity contribution in [2.75, 3.05) is 21.3 Å². The SMILES string of the molecule is COc1cc(C(=O)Oc2ccc(/C=N\NC(=O)c3ccccc3Br)cc2)cc(OC)c1OC. The molecular formula is C24H21BrN2O6. The van der Waals surface area contributed by atoms with Crippen molar-refractivity contribution < 1.29 is 28.5 Å². The number of methoxy groups -OCH3 is 3. The summed E-state index contributed by atoms with van der Waals surface area (Å²) in [4.78, 5) is 24.8. The molecule has 3 aromatic carbocycles. The van der Waals surface area contributed by atoms with Gasteiger partial charge in [0, 0.05) is 4.47 Å². The van der Waals surface area contributed by atoms with Crippen LogP contribution in [-0.4, -0.2) is 39.4 Å². The van der Waals surface area contributed by atoms with E-state index in [4.69, 9.17) is 18.9 Å². The molecule has 0 saturated heterocycles. The van der Waals surface area contributed by atoms with E-state index in [0.717, 1.165) is 0 Å². The van der Waals surface area contributed by atoms with Gasteiger partial charge in [-0.2, -0.15) is 5.10 Å². The second-order valence-corrected chi connectivity index (χ2v) is 7.41. The van der Waals surface area contributed by atoms with Crippen molar-refractivity contribution in [3.63, 3.8) is 0 Å². The normalized spacial score (nSPS) is 10.5. The summed E-state index contributed by atoms with van der Waals surface area (Å²) in [6.45, 7) is 0. The van der Waals surface area contributed by atoms with Gasteiger partial charge in [0.25, 0.3) is 5.91 Å².